The van der Waals surface area contributed by atoms with E-state index in [1.54, 1.807) is 20.9 Å². The van der Waals surface area contributed by atoms with E-state index in [9.17, 15) is 52.7 Å². The molecule has 0 unspecified atom stereocenters. The summed E-state index contributed by atoms with van der Waals surface area (Å²) >= 11 is 0. The number of unbranched alkanes of at least 4 members (excludes halogenated alkanes) is 3. The zero-order chi connectivity index (χ0) is 98.7. The maximum absolute atomic E-state index is 13.0. The van der Waals surface area contributed by atoms with Crippen molar-refractivity contribution < 1.29 is 124 Å². The summed E-state index contributed by atoms with van der Waals surface area (Å²) < 4.78 is 161. The molecule has 0 fully saturated rings. The SMILES string of the molecule is CCC(C)=O.CCCC[C@H](NCC(C)=O)C(N)=O.CCNC(=O)[C@H](CCCCNC(=O)CCCC(=O)NCCOCCOCC(=O)NCCOCCOCC(=O)NCCCC[C@H](NC)C(N)=O)CC(=O)CCCC(=O)NC(CNC(C)(C)/C=N/O)CNC(C)(C)/C=N/O.[2H][2H].[2H][2H].[2H][2H].[2H][2H].[2H][2H].[2H][2H].[2H][2H].[2H][2H].[2H][2H].[2H][2H].[2H][2H].[2H][2H].[2H][2H].[2H][2H]. The van der Waals surface area contributed by atoms with Gasteiger partial charge in [0.1, 0.15) is 30.6 Å². The zero-order valence-electron chi connectivity index (χ0n) is 85.4. The van der Waals surface area contributed by atoms with Crippen LogP contribution in [0.2, 0.25) is 0 Å². The van der Waals surface area contributed by atoms with Crippen molar-refractivity contribution in [2.24, 2.45) is 27.7 Å². The van der Waals surface area contributed by atoms with Gasteiger partial charge >= 0.3 is 0 Å². The molecule has 0 aliphatic rings. The molecule has 0 aromatic carbocycles. The Balaban J connectivity index is -0.000000130. The van der Waals surface area contributed by atoms with Crippen LogP contribution >= 0.6 is 0 Å². The predicted octanol–water partition coefficient (Wildman–Crippen LogP) is 3.76. The van der Waals surface area contributed by atoms with Gasteiger partial charge in [-0.2, -0.15) is 0 Å². The van der Waals surface area contributed by atoms with Crippen molar-refractivity contribution in [3.05, 3.63) is 0 Å². The van der Waals surface area contributed by atoms with Crippen molar-refractivity contribution in [3.8, 4) is 0 Å². The highest BCUT2D eigenvalue weighted by atomic mass is 16.5. The van der Waals surface area contributed by atoms with Crippen LogP contribution in [0.25, 0.3) is 0 Å². The molecular formula is C62H146N14O17. The second-order valence-corrected chi connectivity index (χ2v) is 23.2. The van der Waals surface area contributed by atoms with Gasteiger partial charge in [-0.3, -0.25) is 53.3 Å². The first kappa shape index (κ1) is 66.4. The number of carbonyl (C=O) groups is 11. The number of nitrogens with one attached hydrogen (secondary N) is 10. The van der Waals surface area contributed by atoms with Gasteiger partial charge < -0.3 is 93.5 Å². The van der Waals surface area contributed by atoms with Crippen molar-refractivity contribution in [2.45, 2.75) is 201 Å². The first-order valence-electron chi connectivity index (χ1n) is 46.4. The molecule has 16 N–H and O–H groups in total. The maximum atomic E-state index is 13.0. The van der Waals surface area contributed by atoms with Gasteiger partial charge in [-0.25, -0.2) is 0 Å². The lowest BCUT2D eigenvalue weighted by atomic mass is 9.93. The van der Waals surface area contributed by atoms with Crippen LogP contribution in [0.4, 0.5) is 0 Å². The second-order valence-electron chi connectivity index (χ2n) is 23.2. The van der Waals surface area contributed by atoms with Crippen molar-refractivity contribution in [2.75, 3.05) is 112 Å². The highest BCUT2D eigenvalue weighted by molar-refractivity contribution is 5.87. The lowest BCUT2D eigenvalue weighted by molar-refractivity contribution is -0.130. The fraction of sp³-hybridized carbons (Fsp3) is 0.790. The number of amides is 8. The van der Waals surface area contributed by atoms with Crippen LogP contribution in [0.15, 0.2) is 10.3 Å². The summed E-state index contributed by atoms with van der Waals surface area (Å²) in [5.41, 5.74) is 9.12. The van der Waals surface area contributed by atoms with Gasteiger partial charge in [0.15, 0.2) is 0 Å². The molecule has 0 radical (unpaired) electrons. The Morgan fingerprint density at radius 2 is 0.978 bits per heavy atom. The monoisotopic (exact) mass is 1390 g/mol. The van der Waals surface area contributed by atoms with Crippen LogP contribution in [-0.4, -0.2) is 229 Å². The van der Waals surface area contributed by atoms with E-state index in [0.29, 0.717) is 90.5 Å². The number of hydrogen-bond acceptors (Lipinski definition) is 23. The Labute approximate surface area is 594 Å². The van der Waals surface area contributed by atoms with E-state index in [-0.39, 0.29) is 175 Å². The van der Waals surface area contributed by atoms with E-state index in [2.05, 4.69) is 63.5 Å². The van der Waals surface area contributed by atoms with Crippen LogP contribution in [0, 0.1) is 5.92 Å². The predicted molar refractivity (Wildman–Crippen MR) is 383 cm³/mol. The third-order valence-electron chi connectivity index (χ3n) is 13.5. The normalized spacial score (nSPS) is 13.5. The van der Waals surface area contributed by atoms with Crippen LogP contribution in [-0.2, 0) is 71.7 Å². The molecule has 0 aromatic heterocycles. The number of ketones is 3. The van der Waals surface area contributed by atoms with Gasteiger partial charge in [0.05, 0.1) is 87.8 Å². The van der Waals surface area contributed by atoms with Gasteiger partial charge in [0, 0.05) is 132 Å². The number of likely N-dealkylation sites (N-methyl/N-ethyl adjacent to an activating group) is 1. The number of rotatable bonds is 57. The van der Waals surface area contributed by atoms with E-state index >= 15 is 0 Å². The summed E-state index contributed by atoms with van der Waals surface area (Å²) in [5, 5.41) is 53.0. The molecule has 0 aromatic rings. The Morgan fingerprint density at radius 1 is 0.538 bits per heavy atom. The molecule has 31 heteroatoms. The van der Waals surface area contributed by atoms with Gasteiger partial charge in [-0.1, -0.05) is 33.1 Å². The number of nitrogens with zero attached hydrogens (tertiary/aromatic N) is 2. The van der Waals surface area contributed by atoms with Gasteiger partial charge in [0.25, 0.3) is 0 Å². The number of ether oxygens (including phenoxy) is 4. The van der Waals surface area contributed by atoms with E-state index in [1.807, 2.05) is 41.5 Å². The molecule has 0 bridgehead atoms. The molecule has 8 amide bonds. The fourth-order valence-corrected chi connectivity index (χ4v) is 7.97. The number of nitrogens with two attached hydrogens (primary N) is 2. The Kier molecular flexibility index (Phi) is 42.2. The summed E-state index contributed by atoms with van der Waals surface area (Å²) in [7, 11) is 1.67. The number of carbonyl (C=O) groups excluding carboxylic acids is 11. The number of Topliss-reactive ketones (excluding diaryl/α,β-unsaturated/α-hetero) is 3. The highest BCUT2D eigenvalue weighted by Crippen LogP contribution is 2.16. The summed E-state index contributed by atoms with van der Waals surface area (Å²) in [4.78, 5) is 130. The third-order valence-corrected chi connectivity index (χ3v) is 13.5. The molecule has 93 heavy (non-hydrogen) atoms. The fourth-order valence-electron chi connectivity index (χ4n) is 7.97. The van der Waals surface area contributed by atoms with Crippen molar-refractivity contribution >= 4 is 77.0 Å². The van der Waals surface area contributed by atoms with Gasteiger partial charge in [-0.15, -0.1) is 10.3 Å². The van der Waals surface area contributed by atoms with E-state index < -0.39 is 28.9 Å². The van der Waals surface area contributed by atoms with E-state index in [1.165, 1.54) is 19.4 Å². The second kappa shape index (κ2) is 59.2. The third kappa shape index (κ3) is 60.1. The molecule has 0 saturated carbocycles. The molecule has 3 atom stereocenters. The Bertz CT molecular complexity index is 2240. The first-order valence-corrected chi connectivity index (χ1v) is 32.4. The maximum Gasteiger partial charge on any atom is 0.246 e. The molecular weight excluding hydrogens is 1210 g/mol. The van der Waals surface area contributed by atoms with Crippen LogP contribution in [0.1, 0.15) is 213 Å². The molecule has 566 valence electrons. The molecule has 0 aliphatic heterocycles. The van der Waals surface area contributed by atoms with Gasteiger partial charge in [0.2, 0.25) is 47.3 Å². The molecule has 0 spiro atoms. The topological polar surface area (TPSA) is 462 Å². The minimum absolute atomic E-state index is 0.0164. The highest BCUT2D eigenvalue weighted by Gasteiger charge is 2.24. The largest absolute Gasteiger partial charge is 0.411 e. The molecule has 0 rings (SSSR count). The number of primary amides is 2. The van der Waals surface area contributed by atoms with Gasteiger partial charge in [-0.05, 0) is 107 Å². The minimum atomic E-state index is -0.657. The Morgan fingerprint density at radius 3 is 1.43 bits per heavy atom. The zero-order valence-corrected chi connectivity index (χ0v) is 57.4. The quantitative estimate of drug-likeness (QED) is 0.0178. The lowest BCUT2D eigenvalue weighted by Gasteiger charge is -2.29. The Hall–Kier alpha value is -6.61. The lowest BCUT2D eigenvalue weighted by Crippen LogP contribution is -2.55. The summed E-state index contributed by atoms with van der Waals surface area (Å²) in [5.74, 6) is -2.64. The minimum Gasteiger partial charge on any atom is -0.411 e. The smallest absolute Gasteiger partial charge is 0.246 e. The van der Waals surface area contributed by atoms with E-state index in [0.717, 1.165) is 19.3 Å². The summed E-state index contributed by atoms with van der Waals surface area (Å²) in [6, 6.07) is -1.13. The molecule has 0 saturated heterocycles. The van der Waals surface area contributed by atoms with Crippen LogP contribution in [0.3, 0.4) is 0 Å². The van der Waals surface area contributed by atoms with Crippen LogP contribution in [0.5, 0.6) is 0 Å². The van der Waals surface area contributed by atoms with Crippen LogP contribution < -0.4 is 64.6 Å². The average molecular weight is 1390 g/mol. The number of hydrogen-bond donors (Lipinski definition) is 14. The molecule has 0 aliphatic carbocycles. The summed E-state index contributed by atoms with van der Waals surface area (Å²) in [6.07, 6.45) is 10.9. The summed E-state index contributed by atoms with van der Waals surface area (Å²) in [6.45, 7) is 19.8. The van der Waals surface area contributed by atoms with Crippen molar-refractivity contribution in [3.63, 3.8) is 0 Å². The number of oxime groups is 2. The van der Waals surface area contributed by atoms with Crippen molar-refractivity contribution in [1.82, 2.24) is 53.2 Å². The van der Waals surface area contributed by atoms with Crippen molar-refractivity contribution in [1.29, 1.82) is 0 Å². The molecule has 31 nitrogen and oxygen atoms in total. The molecule has 0 heterocycles. The van der Waals surface area contributed by atoms with E-state index in [4.69, 9.17) is 82.4 Å². The standard InChI is InChI=1S/C49H92N12O14.C9H18N2O2.C4H8O.14H2/c1-7-52-47(69)37(30-39(62)15-12-19-43(65)61-38(31-57-48(2,3)35-59-70)32-58-49(4,5)36-60-71)14-8-10-20-53-41(63)17-13-18-42(64)55-22-24-72-26-29-75-34-45(67)56-23-25-73-27-28-74-33-44(66)54-21-11-9-16-40(51-6)46(50)68;1-3-4-5-8(9(10)13)11-6-7(2)12;1-3-4(2)5;;;;;;;;;;;;;;/h35-38,40,51,57-58,70-71H,7-34H2,1-6H3,(H2,50,68)(H,52,69)(H,53,63)(H,54,66)(H,55,64)(H,56,67)(H,61,65);8,11H,3-6H2,1-2H3,(H2,10,13);3H2,1-2H3;14*1H/b59-35+,60-36+;;;;;;;;;;;;;;;;/t37-,40+;8-;;;;;;;;;;;;;;;/m10.............../s1/i;;;14*1+1D. The average Bonchev–Trinajstić information content (AvgIpc) is 0.900. The first-order chi connectivity index (χ1) is 58.1.